The molecule has 11 heteroatoms. The van der Waals surface area contributed by atoms with E-state index < -0.39 is 27.1 Å². The summed E-state index contributed by atoms with van der Waals surface area (Å²) < 4.78 is 34.5. The number of amides is 1. The largest absolute Gasteiger partial charge is 0.399 e. The van der Waals surface area contributed by atoms with Crippen LogP contribution in [0.2, 0.25) is 10.0 Å². The minimum absolute atomic E-state index is 0.0430. The fourth-order valence-electron chi connectivity index (χ4n) is 3.31. The van der Waals surface area contributed by atoms with Crippen molar-refractivity contribution in [3.05, 3.63) is 64.3 Å². The van der Waals surface area contributed by atoms with Crippen LogP contribution in [0, 0.1) is 0 Å². The van der Waals surface area contributed by atoms with Gasteiger partial charge in [-0.1, -0.05) is 35.3 Å². The van der Waals surface area contributed by atoms with Gasteiger partial charge in [0.15, 0.2) is 5.03 Å². The highest BCUT2D eigenvalue weighted by Gasteiger charge is 2.43. The van der Waals surface area contributed by atoms with Crippen LogP contribution < -0.4 is 10.6 Å². The van der Waals surface area contributed by atoms with E-state index in [0.717, 1.165) is 11.8 Å². The van der Waals surface area contributed by atoms with E-state index in [2.05, 4.69) is 4.98 Å². The van der Waals surface area contributed by atoms with E-state index in [1.807, 2.05) is 0 Å². The predicted octanol–water partition coefficient (Wildman–Crippen LogP) is 3.48. The van der Waals surface area contributed by atoms with Gasteiger partial charge >= 0.3 is 10.1 Å². The number of imidazole rings is 1. The molecule has 1 amide bonds. The Labute approximate surface area is 176 Å². The van der Waals surface area contributed by atoms with Crippen LogP contribution in [0.1, 0.15) is 11.6 Å². The molecule has 150 valence electrons. The number of nitrogen functional groups attached to an aromatic ring is 1. The van der Waals surface area contributed by atoms with Crippen molar-refractivity contribution in [2.45, 2.75) is 17.5 Å². The minimum Gasteiger partial charge on any atom is -0.399 e. The summed E-state index contributed by atoms with van der Waals surface area (Å²) in [6.07, 6.45) is 1.17. The van der Waals surface area contributed by atoms with Crippen molar-refractivity contribution in [2.75, 3.05) is 10.6 Å². The maximum Gasteiger partial charge on any atom is 0.312 e. The Hall–Kier alpha value is -2.59. The topological polar surface area (TPSA) is 119 Å². The minimum atomic E-state index is -4.61. The second-order valence-electron chi connectivity index (χ2n) is 6.50. The Morgan fingerprint density at radius 1 is 1.10 bits per heavy atom. The number of benzene rings is 2. The van der Waals surface area contributed by atoms with Gasteiger partial charge in [0.05, 0.1) is 11.9 Å². The lowest BCUT2D eigenvalue weighted by molar-refractivity contribution is -0.119. The Morgan fingerprint density at radius 2 is 1.72 bits per heavy atom. The molecule has 0 fully saturated rings. The number of fused-ring (bicyclic) bond motifs is 1. The number of anilines is 3. The third-order valence-electron chi connectivity index (χ3n) is 4.54. The van der Waals surface area contributed by atoms with Crippen LogP contribution in [0.15, 0.2) is 53.7 Å². The van der Waals surface area contributed by atoms with Crippen molar-refractivity contribution in [2.24, 2.45) is 0 Å². The molecule has 3 aromatic rings. The van der Waals surface area contributed by atoms with Crippen LogP contribution in [0.3, 0.4) is 0 Å². The Bertz CT molecular complexity index is 1200. The first-order valence-corrected chi connectivity index (χ1v) is 10.5. The van der Waals surface area contributed by atoms with Crippen LogP contribution in [0.25, 0.3) is 0 Å². The monoisotopic (exact) mass is 452 g/mol. The van der Waals surface area contributed by atoms with E-state index >= 15 is 0 Å². The maximum atomic E-state index is 13.3. The molecule has 1 aliphatic heterocycles. The molecule has 1 aromatic heterocycles. The van der Waals surface area contributed by atoms with Crippen LogP contribution >= 0.6 is 23.2 Å². The number of rotatable bonds is 4. The molecule has 0 saturated carbocycles. The van der Waals surface area contributed by atoms with Crippen molar-refractivity contribution in [3.8, 4) is 0 Å². The Balaban J connectivity index is 1.86. The number of aromatic nitrogens is 2. The Morgan fingerprint density at radius 3 is 2.31 bits per heavy atom. The molecular formula is C18H14Cl2N4O4S. The van der Waals surface area contributed by atoms with Gasteiger partial charge in [0, 0.05) is 22.2 Å². The average Bonchev–Trinajstić information content (AvgIpc) is 3.15. The standard InChI is InChI=1S/C18H14Cl2N4O4S/c19-11-6-12(20)8-14(7-11)23-17(25)15(5-10-1-3-13(21)4-2-10)24-16(29(26,27)28)9-22-18(23)24/h1-4,6-9,15H,5,21H2,(H,26,27,28)/t15-/m1/s1. The van der Waals surface area contributed by atoms with Crippen LogP contribution in [0.4, 0.5) is 17.3 Å². The third kappa shape index (κ3) is 3.58. The summed E-state index contributed by atoms with van der Waals surface area (Å²) in [7, 11) is -4.61. The molecule has 1 atom stereocenters. The second-order valence-corrected chi connectivity index (χ2v) is 8.75. The molecule has 29 heavy (non-hydrogen) atoms. The third-order valence-corrected chi connectivity index (χ3v) is 5.81. The highest BCUT2D eigenvalue weighted by atomic mass is 35.5. The smallest absolute Gasteiger partial charge is 0.312 e. The molecule has 0 saturated heterocycles. The van der Waals surface area contributed by atoms with Crippen molar-refractivity contribution >= 4 is 56.6 Å². The summed E-state index contributed by atoms with van der Waals surface area (Å²) in [6.45, 7) is 0. The predicted molar refractivity (Wildman–Crippen MR) is 109 cm³/mol. The first-order chi connectivity index (χ1) is 13.6. The van der Waals surface area contributed by atoms with Gasteiger partial charge in [-0.15, -0.1) is 0 Å². The lowest BCUT2D eigenvalue weighted by atomic mass is 10.1. The summed E-state index contributed by atoms with van der Waals surface area (Å²) in [5.41, 5.74) is 7.35. The van der Waals surface area contributed by atoms with Crippen molar-refractivity contribution in [3.63, 3.8) is 0 Å². The number of hydrogen-bond acceptors (Lipinski definition) is 5. The average molecular weight is 453 g/mol. The fourth-order valence-corrected chi connectivity index (χ4v) is 4.47. The van der Waals surface area contributed by atoms with Gasteiger partial charge in [0.25, 0.3) is 5.91 Å². The number of carbonyl (C=O) groups excluding carboxylic acids is 1. The number of nitrogens with zero attached hydrogens (tertiary/aromatic N) is 3. The van der Waals surface area contributed by atoms with Crippen LogP contribution in [-0.4, -0.2) is 28.4 Å². The van der Waals surface area contributed by atoms with Gasteiger partial charge in [0.1, 0.15) is 6.04 Å². The van der Waals surface area contributed by atoms with E-state index in [1.165, 1.54) is 27.7 Å². The zero-order valence-electron chi connectivity index (χ0n) is 14.7. The number of hydrogen-bond donors (Lipinski definition) is 2. The number of carbonyl (C=O) groups is 1. The molecule has 0 radical (unpaired) electrons. The SMILES string of the molecule is Nc1ccc(C[C@@H]2C(=O)N(c3cc(Cl)cc(Cl)c3)c3ncc(S(=O)(=O)O)n32)cc1. The zero-order chi connectivity index (χ0) is 20.9. The van der Waals surface area contributed by atoms with E-state index in [1.54, 1.807) is 24.3 Å². The lowest BCUT2D eigenvalue weighted by Gasteiger charge is -2.16. The van der Waals surface area contributed by atoms with Crippen molar-refractivity contribution in [1.82, 2.24) is 9.55 Å². The van der Waals surface area contributed by atoms with Crippen LogP contribution in [-0.2, 0) is 21.3 Å². The maximum absolute atomic E-state index is 13.3. The van der Waals surface area contributed by atoms with E-state index in [-0.39, 0.29) is 12.4 Å². The molecule has 0 bridgehead atoms. The second kappa shape index (κ2) is 7.03. The first kappa shape index (κ1) is 19.7. The van der Waals surface area contributed by atoms with E-state index in [9.17, 15) is 17.8 Å². The van der Waals surface area contributed by atoms with Crippen molar-refractivity contribution in [1.29, 1.82) is 0 Å². The number of halogens is 2. The highest BCUT2D eigenvalue weighted by molar-refractivity contribution is 7.85. The lowest BCUT2D eigenvalue weighted by Crippen LogP contribution is -2.27. The van der Waals surface area contributed by atoms with Gasteiger partial charge in [-0.05, 0) is 35.9 Å². The van der Waals surface area contributed by atoms with Gasteiger partial charge in [0.2, 0.25) is 5.95 Å². The molecule has 0 unspecified atom stereocenters. The first-order valence-electron chi connectivity index (χ1n) is 8.34. The van der Waals surface area contributed by atoms with Crippen LogP contribution in [0.5, 0.6) is 0 Å². The van der Waals surface area contributed by atoms with Gasteiger partial charge in [-0.3, -0.25) is 13.9 Å². The summed E-state index contributed by atoms with van der Waals surface area (Å²) in [4.78, 5) is 18.6. The molecule has 2 aromatic carbocycles. The van der Waals surface area contributed by atoms with Gasteiger partial charge in [-0.2, -0.15) is 8.42 Å². The normalized spacial score (nSPS) is 16.3. The quantitative estimate of drug-likeness (QED) is 0.461. The molecule has 0 spiro atoms. The molecule has 2 heterocycles. The summed E-state index contributed by atoms with van der Waals surface area (Å²) in [5.74, 6) is -0.394. The molecule has 4 rings (SSSR count). The molecule has 3 N–H and O–H groups in total. The molecule has 0 aliphatic carbocycles. The Kier molecular flexibility index (Phi) is 4.78. The summed E-state index contributed by atoms with van der Waals surface area (Å²) in [5, 5.41) is 0.128. The fraction of sp³-hybridized carbons (Fsp3) is 0.111. The molecule has 1 aliphatic rings. The molecule has 8 nitrogen and oxygen atoms in total. The molecular weight excluding hydrogens is 439 g/mol. The summed E-state index contributed by atoms with van der Waals surface area (Å²) >= 11 is 12.1. The number of nitrogens with two attached hydrogens (primary N) is 1. The summed E-state index contributed by atoms with van der Waals surface area (Å²) in [6, 6.07) is 10.4. The van der Waals surface area contributed by atoms with Gasteiger partial charge in [-0.25, -0.2) is 9.88 Å². The van der Waals surface area contributed by atoms with E-state index in [4.69, 9.17) is 28.9 Å². The van der Waals surface area contributed by atoms with Gasteiger partial charge < -0.3 is 5.73 Å². The highest BCUT2D eigenvalue weighted by Crippen LogP contribution is 2.41. The van der Waals surface area contributed by atoms with E-state index in [0.29, 0.717) is 21.4 Å². The van der Waals surface area contributed by atoms with Crippen molar-refractivity contribution < 1.29 is 17.8 Å². The zero-order valence-corrected chi connectivity index (χ0v) is 17.0.